The molecule has 0 aromatic carbocycles. The van der Waals surface area contributed by atoms with Gasteiger partial charge >= 0.3 is 6.09 Å². The van der Waals surface area contributed by atoms with Crippen molar-refractivity contribution < 1.29 is 14.6 Å². The van der Waals surface area contributed by atoms with Gasteiger partial charge in [0.2, 0.25) is 0 Å². The van der Waals surface area contributed by atoms with Crippen LogP contribution in [0.5, 0.6) is 0 Å². The van der Waals surface area contributed by atoms with E-state index in [2.05, 4.69) is 0 Å². The number of carbonyl (C=O) groups excluding carboxylic acids is 1. The molecule has 0 fully saturated rings. The zero-order chi connectivity index (χ0) is 15.4. The van der Waals surface area contributed by atoms with E-state index in [1.165, 1.54) is 0 Å². The highest BCUT2D eigenvalue weighted by atomic mass is 16.5. The minimum Gasteiger partial charge on any atom is -0.411 e. The van der Waals surface area contributed by atoms with Crippen LogP contribution in [0.2, 0.25) is 0 Å². The molecule has 0 aromatic rings. The number of amides is 1. The quantitative estimate of drug-likeness (QED) is 0.590. The Labute approximate surface area is 116 Å². The maximum atomic E-state index is 10.7. The topological polar surface area (TPSA) is 72.5 Å². The summed E-state index contributed by atoms with van der Waals surface area (Å²) in [6.07, 6.45) is 4.32. The van der Waals surface area contributed by atoms with Gasteiger partial charge < -0.3 is 15.6 Å². The third-order valence-corrected chi connectivity index (χ3v) is 2.07. The minimum absolute atomic E-state index is 0.330. The molecule has 0 spiro atoms. The molecule has 0 aliphatic rings. The van der Waals surface area contributed by atoms with E-state index in [9.17, 15) is 9.90 Å². The van der Waals surface area contributed by atoms with Gasteiger partial charge in [-0.15, -0.1) is 0 Å². The Morgan fingerprint density at radius 1 is 1.32 bits per heavy atom. The number of hydrogen-bond acceptors (Lipinski definition) is 3. The fraction of sp³-hybridized carbons (Fsp3) is 0.533. The molecule has 0 aromatic heterocycles. The van der Waals surface area contributed by atoms with Gasteiger partial charge in [0.15, 0.2) is 0 Å². The number of primary amides is 1. The summed E-state index contributed by atoms with van der Waals surface area (Å²) < 4.78 is 4.85. The molecule has 0 aliphatic heterocycles. The fourth-order valence-electron chi connectivity index (χ4n) is 1.18. The predicted molar refractivity (Wildman–Crippen MR) is 79.6 cm³/mol. The van der Waals surface area contributed by atoms with Crippen molar-refractivity contribution in [1.29, 1.82) is 0 Å². The lowest BCUT2D eigenvalue weighted by atomic mass is 10.1. The van der Waals surface area contributed by atoms with Crippen molar-refractivity contribution in [2.24, 2.45) is 5.73 Å². The van der Waals surface area contributed by atoms with Crippen LogP contribution < -0.4 is 5.73 Å². The van der Waals surface area contributed by atoms with Crippen LogP contribution in [0.1, 0.15) is 48.0 Å². The first kappa shape index (κ1) is 19.8. The smallest absolute Gasteiger partial charge is 0.409 e. The van der Waals surface area contributed by atoms with Crippen molar-refractivity contribution in [2.45, 2.75) is 54.1 Å². The maximum Gasteiger partial charge on any atom is 0.409 e. The van der Waals surface area contributed by atoms with Crippen molar-refractivity contribution in [3.8, 4) is 0 Å². The van der Waals surface area contributed by atoms with E-state index in [4.69, 9.17) is 10.5 Å². The van der Waals surface area contributed by atoms with Crippen LogP contribution in [0.15, 0.2) is 35.1 Å². The Balaban J connectivity index is 0. The fourth-order valence-corrected chi connectivity index (χ4v) is 1.18. The van der Waals surface area contributed by atoms with E-state index in [0.717, 1.165) is 11.1 Å². The molecule has 0 aliphatic carbocycles. The maximum absolute atomic E-state index is 10.7. The summed E-state index contributed by atoms with van der Waals surface area (Å²) in [7, 11) is 0. The summed E-state index contributed by atoms with van der Waals surface area (Å²) in [6.45, 7) is 11.4. The van der Waals surface area contributed by atoms with E-state index >= 15 is 0 Å². The standard InChI is InChI=1S/C13H21NO3.C2H6/c1-5-11(10(4)15)8-12(17-13(14)16)7-6-9(2)3;1-2/h6-8,10,15H,5H2,1-4H3,(H2,14,16);1-2H3/b11-8+,12-7+;. The Hall–Kier alpha value is -1.55. The second kappa shape index (κ2) is 11.5. The van der Waals surface area contributed by atoms with Crippen LogP contribution >= 0.6 is 0 Å². The molecule has 0 saturated heterocycles. The lowest BCUT2D eigenvalue weighted by Crippen LogP contribution is -2.13. The highest BCUT2D eigenvalue weighted by molar-refractivity contribution is 5.66. The van der Waals surface area contributed by atoms with Gasteiger partial charge in [-0.25, -0.2) is 4.79 Å². The number of nitrogens with two attached hydrogens (primary N) is 1. The van der Waals surface area contributed by atoms with Gasteiger partial charge in [0, 0.05) is 0 Å². The number of rotatable bonds is 5. The normalized spacial score (nSPS) is 13.0. The average molecular weight is 269 g/mol. The summed E-state index contributed by atoms with van der Waals surface area (Å²) in [5, 5.41) is 9.49. The van der Waals surface area contributed by atoms with Crippen LogP contribution in [0.25, 0.3) is 0 Å². The second-order valence-corrected chi connectivity index (χ2v) is 3.98. The van der Waals surface area contributed by atoms with E-state index in [1.54, 1.807) is 19.1 Å². The molecule has 0 rings (SSSR count). The second-order valence-electron chi connectivity index (χ2n) is 3.98. The van der Waals surface area contributed by atoms with Gasteiger partial charge in [-0.05, 0) is 44.9 Å². The third-order valence-electron chi connectivity index (χ3n) is 2.07. The molecule has 0 saturated carbocycles. The summed E-state index contributed by atoms with van der Waals surface area (Å²) in [5.41, 5.74) is 6.82. The number of ether oxygens (including phenoxy) is 1. The number of aliphatic hydroxyl groups is 1. The van der Waals surface area contributed by atoms with E-state index in [0.29, 0.717) is 12.2 Å². The van der Waals surface area contributed by atoms with Crippen LogP contribution in [-0.2, 0) is 4.74 Å². The van der Waals surface area contributed by atoms with Gasteiger partial charge in [-0.3, -0.25) is 0 Å². The number of hydrogen-bond donors (Lipinski definition) is 2. The van der Waals surface area contributed by atoms with Gasteiger partial charge in [-0.1, -0.05) is 32.4 Å². The molecule has 1 atom stereocenters. The molecule has 4 nitrogen and oxygen atoms in total. The van der Waals surface area contributed by atoms with E-state index in [-0.39, 0.29) is 0 Å². The zero-order valence-electron chi connectivity index (χ0n) is 12.9. The van der Waals surface area contributed by atoms with E-state index < -0.39 is 12.2 Å². The van der Waals surface area contributed by atoms with Crippen LogP contribution in [0.3, 0.4) is 0 Å². The van der Waals surface area contributed by atoms with Crippen LogP contribution in [-0.4, -0.2) is 17.3 Å². The molecule has 0 heterocycles. The van der Waals surface area contributed by atoms with Crippen molar-refractivity contribution in [3.05, 3.63) is 35.1 Å². The van der Waals surface area contributed by atoms with Crippen LogP contribution in [0.4, 0.5) is 4.79 Å². The van der Waals surface area contributed by atoms with Gasteiger partial charge in [0.05, 0.1) is 6.10 Å². The monoisotopic (exact) mass is 269 g/mol. The number of aliphatic hydroxyl groups excluding tert-OH is 1. The largest absolute Gasteiger partial charge is 0.411 e. The summed E-state index contributed by atoms with van der Waals surface area (Å²) in [6, 6.07) is 0. The first-order chi connectivity index (χ1) is 8.86. The molecule has 0 bridgehead atoms. The Morgan fingerprint density at radius 3 is 2.16 bits per heavy atom. The van der Waals surface area contributed by atoms with Gasteiger partial charge in [0.25, 0.3) is 0 Å². The predicted octanol–water partition coefficient (Wildman–Crippen LogP) is 3.68. The molecular formula is C15H27NO3. The van der Waals surface area contributed by atoms with Crippen LogP contribution in [0, 0.1) is 0 Å². The molecule has 110 valence electrons. The number of carbonyl (C=O) groups is 1. The SMILES string of the molecule is CC.CC/C(=C\C(=C/C=C(C)C)OC(N)=O)C(C)O. The molecule has 3 N–H and O–H groups in total. The van der Waals surface area contributed by atoms with Gasteiger partial charge in [-0.2, -0.15) is 0 Å². The number of allylic oxidation sites excluding steroid dienone is 4. The minimum atomic E-state index is -0.865. The molecule has 1 unspecified atom stereocenters. The molecule has 19 heavy (non-hydrogen) atoms. The summed E-state index contributed by atoms with van der Waals surface area (Å²) in [5.74, 6) is 0.330. The summed E-state index contributed by atoms with van der Waals surface area (Å²) in [4.78, 5) is 10.7. The molecular weight excluding hydrogens is 242 g/mol. The van der Waals surface area contributed by atoms with Crippen molar-refractivity contribution in [2.75, 3.05) is 0 Å². The van der Waals surface area contributed by atoms with Crippen molar-refractivity contribution >= 4 is 6.09 Å². The first-order valence-electron chi connectivity index (χ1n) is 6.57. The summed E-state index contributed by atoms with van der Waals surface area (Å²) >= 11 is 0. The zero-order valence-corrected chi connectivity index (χ0v) is 12.9. The highest BCUT2D eigenvalue weighted by Crippen LogP contribution is 2.12. The Kier molecular flexibility index (Phi) is 12.0. The average Bonchev–Trinajstić information content (AvgIpc) is 2.33. The molecule has 0 radical (unpaired) electrons. The molecule has 1 amide bonds. The van der Waals surface area contributed by atoms with E-state index in [1.807, 2.05) is 40.7 Å². The molecule has 4 heteroatoms. The third kappa shape index (κ3) is 11.3. The lowest BCUT2D eigenvalue weighted by Gasteiger charge is -2.09. The Morgan fingerprint density at radius 2 is 1.84 bits per heavy atom. The lowest BCUT2D eigenvalue weighted by molar-refractivity contribution is 0.189. The van der Waals surface area contributed by atoms with Gasteiger partial charge in [0.1, 0.15) is 5.76 Å². The highest BCUT2D eigenvalue weighted by Gasteiger charge is 2.05. The Bertz CT molecular complexity index is 348. The van der Waals surface area contributed by atoms with Crippen molar-refractivity contribution in [1.82, 2.24) is 0 Å². The van der Waals surface area contributed by atoms with Crippen molar-refractivity contribution in [3.63, 3.8) is 0 Å². The first-order valence-corrected chi connectivity index (χ1v) is 6.57.